The smallest absolute Gasteiger partial charge is 0.192 e. The second-order valence-electron chi connectivity index (χ2n) is 6.31. The van der Waals surface area contributed by atoms with E-state index in [0.717, 1.165) is 62.0 Å². The highest BCUT2D eigenvalue weighted by Crippen LogP contribution is 2.29. The maximum absolute atomic E-state index is 12.4. The van der Waals surface area contributed by atoms with Crippen molar-refractivity contribution in [1.82, 2.24) is 0 Å². The van der Waals surface area contributed by atoms with Gasteiger partial charge < -0.3 is 9.15 Å². The van der Waals surface area contributed by atoms with Crippen LogP contribution in [0.5, 0.6) is 5.75 Å². The van der Waals surface area contributed by atoms with Crippen molar-refractivity contribution < 1.29 is 9.15 Å². The van der Waals surface area contributed by atoms with E-state index in [0.29, 0.717) is 24.0 Å². The van der Waals surface area contributed by atoms with Gasteiger partial charge in [-0.15, -0.1) is 0 Å². The zero-order valence-electron chi connectivity index (χ0n) is 15.3. The Hall–Kier alpha value is -2.28. The molecule has 0 atom stereocenters. The molecule has 1 aromatic heterocycles. The molecule has 4 nitrogen and oxygen atoms in total. The van der Waals surface area contributed by atoms with Crippen molar-refractivity contribution in [3.05, 3.63) is 39.7 Å². The van der Waals surface area contributed by atoms with Crippen LogP contribution < -0.4 is 10.2 Å². The first kappa shape index (κ1) is 19.1. The molecule has 1 aromatic carbocycles. The third-order valence-corrected chi connectivity index (χ3v) is 4.23. The fraction of sp³-hybridized carbons (Fsp3) is 0.524. The molecule has 2 aromatic rings. The number of aryl methyl sites for hydroxylation is 2. The average Bonchev–Trinajstić information content (AvgIpc) is 2.61. The van der Waals surface area contributed by atoms with Gasteiger partial charge in [-0.3, -0.25) is 4.79 Å². The van der Waals surface area contributed by atoms with Crippen molar-refractivity contribution >= 4 is 11.0 Å². The van der Waals surface area contributed by atoms with Gasteiger partial charge in [-0.05, 0) is 37.8 Å². The Morgan fingerprint density at radius 2 is 1.96 bits per heavy atom. The van der Waals surface area contributed by atoms with Crippen molar-refractivity contribution in [2.24, 2.45) is 0 Å². The third-order valence-electron chi connectivity index (χ3n) is 4.23. The van der Waals surface area contributed by atoms with Crippen LogP contribution in [0, 0.1) is 11.3 Å². The number of rotatable bonds is 10. The third kappa shape index (κ3) is 5.09. The summed E-state index contributed by atoms with van der Waals surface area (Å²) in [5.74, 6) is 1.55. The van der Waals surface area contributed by atoms with E-state index < -0.39 is 0 Å². The molecule has 4 heteroatoms. The van der Waals surface area contributed by atoms with E-state index >= 15 is 0 Å². The highest BCUT2D eigenvalue weighted by atomic mass is 16.5. The van der Waals surface area contributed by atoms with Crippen LogP contribution in [0.2, 0.25) is 0 Å². The van der Waals surface area contributed by atoms with E-state index in [2.05, 4.69) is 19.9 Å². The summed E-state index contributed by atoms with van der Waals surface area (Å²) >= 11 is 0. The lowest BCUT2D eigenvalue weighted by Gasteiger charge is -2.13. The Bertz CT molecular complexity index is 786. The van der Waals surface area contributed by atoms with Crippen molar-refractivity contribution in [3.63, 3.8) is 0 Å². The lowest BCUT2D eigenvalue weighted by atomic mass is 10.0. The van der Waals surface area contributed by atoms with Gasteiger partial charge >= 0.3 is 0 Å². The van der Waals surface area contributed by atoms with Gasteiger partial charge in [-0.2, -0.15) is 5.26 Å². The van der Waals surface area contributed by atoms with Crippen LogP contribution in [0.25, 0.3) is 11.0 Å². The summed E-state index contributed by atoms with van der Waals surface area (Å²) in [6.45, 7) is 4.80. The number of nitrogens with zero attached hydrogens (tertiary/aromatic N) is 1. The Morgan fingerprint density at radius 1 is 1.12 bits per heavy atom. The molecule has 0 aliphatic rings. The number of hydrogen-bond donors (Lipinski definition) is 0. The van der Waals surface area contributed by atoms with Crippen LogP contribution in [0.4, 0.5) is 0 Å². The standard InChI is InChI=1S/C21H27NO3/c1-3-5-10-16-15-19(23)17-11-12-20(24-14-8-6-7-13-22)18(9-4-2)21(17)25-16/h11-12,15H,3-10,14H2,1-2H3. The SMILES string of the molecule is CCCCc1cc(=O)c2ccc(OCCCCC#N)c(CCC)c2o1. The normalized spacial score (nSPS) is 10.8. The van der Waals surface area contributed by atoms with Gasteiger partial charge in [0.15, 0.2) is 5.43 Å². The molecule has 0 radical (unpaired) electrons. The Kier molecular flexibility index (Phi) is 7.53. The highest BCUT2D eigenvalue weighted by Gasteiger charge is 2.14. The minimum absolute atomic E-state index is 0.0188. The summed E-state index contributed by atoms with van der Waals surface area (Å²) in [5, 5.41) is 9.22. The molecule has 0 aliphatic carbocycles. The van der Waals surface area contributed by atoms with Gasteiger partial charge in [0.05, 0.1) is 18.1 Å². The molecule has 0 aliphatic heterocycles. The minimum atomic E-state index is 0.0188. The van der Waals surface area contributed by atoms with Crippen LogP contribution in [0.15, 0.2) is 27.4 Å². The molecule has 0 N–H and O–H groups in total. The van der Waals surface area contributed by atoms with E-state index in [9.17, 15) is 4.79 Å². The van der Waals surface area contributed by atoms with Crippen LogP contribution in [-0.2, 0) is 12.8 Å². The summed E-state index contributed by atoms with van der Waals surface area (Å²) in [5.41, 5.74) is 1.68. The van der Waals surface area contributed by atoms with Crippen molar-refractivity contribution in [2.75, 3.05) is 6.61 Å². The second kappa shape index (κ2) is 9.88. The predicted octanol–water partition coefficient (Wildman–Crippen LogP) is 5.16. The summed E-state index contributed by atoms with van der Waals surface area (Å²) in [4.78, 5) is 12.4. The van der Waals surface area contributed by atoms with Crippen LogP contribution in [-0.4, -0.2) is 6.61 Å². The van der Waals surface area contributed by atoms with Crippen LogP contribution in [0.1, 0.15) is 63.7 Å². The summed E-state index contributed by atoms with van der Waals surface area (Å²) in [7, 11) is 0. The molecule has 0 spiro atoms. The van der Waals surface area contributed by atoms with E-state index in [4.69, 9.17) is 14.4 Å². The zero-order valence-corrected chi connectivity index (χ0v) is 15.3. The predicted molar refractivity (Wildman–Crippen MR) is 100 cm³/mol. The number of hydrogen-bond acceptors (Lipinski definition) is 4. The highest BCUT2D eigenvalue weighted by molar-refractivity contribution is 5.82. The maximum Gasteiger partial charge on any atom is 0.192 e. The first-order valence-electron chi connectivity index (χ1n) is 9.29. The molecule has 0 fully saturated rings. The largest absolute Gasteiger partial charge is 0.493 e. The van der Waals surface area contributed by atoms with E-state index in [-0.39, 0.29) is 5.43 Å². The topological polar surface area (TPSA) is 63.2 Å². The van der Waals surface area contributed by atoms with Gasteiger partial charge in [0.2, 0.25) is 0 Å². The van der Waals surface area contributed by atoms with E-state index in [1.807, 2.05) is 6.07 Å². The molecular formula is C21H27NO3. The van der Waals surface area contributed by atoms with Gasteiger partial charge in [0, 0.05) is 24.5 Å². The van der Waals surface area contributed by atoms with Gasteiger partial charge in [0.1, 0.15) is 17.1 Å². The van der Waals surface area contributed by atoms with Crippen LogP contribution in [0.3, 0.4) is 0 Å². The Balaban J connectivity index is 2.33. The average molecular weight is 341 g/mol. The van der Waals surface area contributed by atoms with E-state index in [1.54, 1.807) is 12.1 Å². The fourth-order valence-electron chi connectivity index (χ4n) is 2.89. The molecule has 134 valence electrons. The van der Waals surface area contributed by atoms with Gasteiger partial charge in [0.25, 0.3) is 0 Å². The van der Waals surface area contributed by atoms with Crippen molar-refractivity contribution in [2.45, 2.75) is 65.2 Å². The Morgan fingerprint density at radius 3 is 2.68 bits per heavy atom. The lowest BCUT2D eigenvalue weighted by Crippen LogP contribution is -2.06. The summed E-state index contributed by atoms with van der Waals surface area (Å²) < 4.78 is 12.0. The minimum Gasteiger partial charge on any atom is -0.493 e. The monoisotopic (exact) mass is 341 g/mol. The molecule has 0 amide bonds. The number of unbranched alkanes of at least 4 members (excludes halogenated alkanes) is 3. The summed E-state index contributed by atoms with van der Waals surface area (Å²) in [6.07, 6.45) is 6.85. The maximum atomic E-state index is 12.4. The molecular weight excluding hydrogens is 314 g/mol. The van der Waals surface area contributed by atoms with Crippen molar-refractivity contribution in [1.29, 1.82) is 5.26 Å². The number of benzene rings is 1. The molecule has 2 rings (SSSR count). The number of nitriles is 1. The molecule has 0 saturated carbocycles. The first-order valence-corrected chi connectivity index (χ1v) is 9.29. The Labute approximate surface area is 149 Å². The summed E-state index contributed by atoms with van der Waals surface area (Å²) in [6, 6.07) is 7.44. The molecule has 0 saturated heterocycles. The fourth-order valence-corrected chi connectivity index (χ4v) is 2.89. The van der Waals surface area contributed by atoms with E-state index in [1.165, 1.54) is 0 Å². The molecule has 1 heterocycles. The molecule has 0 unspecified atom stereocenters. The quantitative estimate of drug-likeness (QED) is 0.560. The first-order chi connectivity index (χ1) is 12.2. The van der Waals surface area contributed by atoms with Crippen LogP contribution >= 0.6 is 0 Å². The van der Waals surface area contributed by atoms with Gasteiger partial charge in [-0.1, -0.05) is 26.7 Å². The van der Waals surface area contributed by atoms with Gasteiger partial charge in [-0.25, -0.2) is 0 Å². The zero-order chi connectivity index (χ0) is 18.1. The number of ether oxygens (including phenoxy) is 1. The molecule has 25 heavy (non-hydrogen) atoms. The van der Waals surface area contributed by atoms with Crippen molar-refractivity contribution in [3.8, 4) is 11.8 Å². The second-order valence-corrected chi connectivity index (χ2v) is 6.31. The number of fused-ring (bicyclic) bond motifs is 1. The molecule has 0 bridgehead atoms. The lowest BCUT2D eigenvalue weighted by molar-refractivity contribution is 0.304.